The van der Waals surface area contributed by atoms with Crippen LogP contribution >= 0.6 is 11.6 Å². The first-order valence-electron chi connectivity index (χ1n) is 8.07. The quantitative estimate of drug-likeness (QED) is 0.667. The van der Waals surface area contributed by atoms with E-state index in [4.69, 9.17) is 21.1 Å². The van der Waals surface area contributed by atoms with Gasteiger partial charge in [-0.3, -0.25) is 0 Å². The summed E-state index contributed by atoms with van der Waals surface area (Å²) >= 11 is 6.17. The molecular weight excluding hydrogens is 310 g/mol. The molecule has 0 unspecified atom stereocenters. The fourth-order valence-electron chi connectivity index (χ4n) is 2.23. The Morgan fingerprint density at radius 3 is 2.57 bits per heavy atom. The maximum absolute atomic E-state index is 6.17. The molecule has 4 heteroatoms. The summed E-state index contributed by atoms with van der Waals surface area (Å²) in [6.45, 7) is 7.00. The molecule has 2 aromatic rings. The molecule has 0 aliphatic carbocycles. The summed E-state index contributed by atoms with van der Waals surface area (Å²) in [5.41, 5.74) is 2.15. The lowest BCUT2D eigenvalue weighted by molar-refractivity contribution is 0.269. The molecule has 3 nitrogen and oxygen atoms in total. The molecule has 0 atom stereocenters. The molecule has 0 spiro atoms. The topological polar surface area (TPSA) is 30.5 Å². The van der Waals surface area contributed by atoms with Gasteiger partial charge in [0.05, 0.1) is 6.61 Å². The molecule has 0 amide bonds. The average Bonchev–Trinajstić information content (AvgIpc) is 2.56. The predicted molar refractivity (Wildman–Crippen MR) is 95.4 cm³/mol. The fourth-order valence-corrected chi connectivity index (χ4v) is 2.42. The highest BCUT2D eigenvalue weighted by Gasteiger charge is 2.08. The van der Waals surface area contributed by atoms with Crippen LogP contribution < -0.4 is 14.8 Å². The van der Waals surface area contributed by atoms with Crippen molar-refractivity contribution in [2.75, 3.05) is 13.2 Å². The minimum absolute atomic E-state index is 0.424. The van der Waals surface area contributed by atoms with E-state index in [1.54, 1.807) is 0 Å². The molecular formula is C19H24ClNO2. The van der Waals surface area contributed by atoms with Crippen molar-refractivity contribution in [1.29, 1.82) is 0 Å². The molecule has 0 bridgehead atoms. The smallest absolute Gasteiger partial charge is 0.161 e. The molecule has 1 N–H and O–H groups in total. The number of hydrogen-bond donors (Lipinski definition) is 1. The molecule has 0 aliphatic heterocycles. The standard InChI is InChI=1S/C19H24ClNO2/c1-3-11-21-13-15-9-10-18(19(12-15)22-4-2)23-14-16-7-5-6-8-17(16)20/h5-10,12,21H,3-4,11,13-14H2,1-2H3. The molecule has 0 aliphatic rings. The zero-order chi connectivity index (χ0) is 16.5. The van der Waals surface area contributed by atoms with E-state index in [-0.39, 0.29) is 0 Å². The monoisotopic (exact) mass is 333 g/mol. The lowest BCUT2D eigenvalue weighted by atomic mass is 10.2. The van der Waals surface area contributed by atoms with E-state index in [0.717, 1.165) is 36.6 Å². The van der Waals surface area contributed by atoms with Gasteiger partial charge in [-0.15, -0.1) is 0 Å². The van der Waals surface area contributed by atoms with Crippen molar-refractivity contribution in [1.82, 2.24) is 5.32 Å². The van der Waals surface area contributed by atoms with Crippen LogP contribution in [0.15, 0.2) is 42.5 Å². The summed E-state index contributed by atoms with van der Waals surface area (Å²) < 4.78 is 11.6. The van der Waals surface area contributed by atoms with Gasteiger partial charge in [-0.2, -0.15) is 0 Å². The Morgan fingerprint density at radius 2 is 1.83 bits per heavy atom. The molecule has 23 heavy (non-hydrogen) atoms. The van der Waals surface area contributed by atoms with E-state index in [2.05, 4.69) is 18.3 Å². The second kappa shape index (κ2) is 9.43. The second-order valence-electron chi connectivity index (χ2n) is 5.27. The molecule has 0 aromatic heterocycles. The Kier molecular flexibility index (Phi) is 7.24. The van der Waals surface area contributed by atoms with Gasteiger partial charge in [0, 0.05) is 17.1 Å². The largest absolute Gasteiger partial charge is 0.490 e. The number of nitrogens with one attached hydrogen (secondary N) is 1. The summed E-state index contributed by atoms with van der Waals surface area (Å²) in [6.07, 6.45) is 1.12. The molecule has 0 heterocycles. The number of hydrogen-bond acceptors (Lipinski definition) is 3. The van der Waals surface area contributed by atoms with Crippen LogP contribution in [-0.4, -0.2) is 13.2 Å². The van der Waals surface area contributed by atoms with Crippen LogP contribution in [0.2, 0.25) is 5.02 Å². The predicted octanol–water partition coefficient (Wildman–Crippen LogP) is 4.82. The first-order chi connectivity index (χ1) is 11.2. The second-order valence-corrected chi connectivity index (χ2v) is 5.68. The van der Waals surface area contributed by atoms with Crippen molar-refractivity contribution in [3.8, 4) is 11.5 Å². The zero-order valence-corrected chi connectivity index (χ0v) is 14.5. The van der Waals surface area contributed by atoms with Gasteiger partial charge >= 0.3 is 0 Å². The Labute approximate surface area is 143 Å². The molecule has 0 radical (unpaired) electrons. The third-order valence-corrected chi connectivity index (χ3v) is 3.77. The minimum Gasteiger partial charge on any atom is -0.490 e. The van der Waals surface area contributed by atoms with Gasteiger partial charge in [-0.25, -0.2) is 0 Å². The highest BCUT2D eigenvalue weighted by molar-refractivity contribution is 6.31. The van der Waals surface area contributed by atoms with E-state index in [1.165, 1.54) is 5.56 Å². The highest BCUT2D eigenvalue weighted by atomic mass is 35.5. The summed E-state index contributed by atoms with van der Waals surface area (Å²) in [5, 5.41) is 4.11. The van der Waals surface area contributed by atoms with Crippen LogP contribution in [0.5, 0.6) is 11.5 Å². The van der Waals surface area contributed by atoms with Crippen molar-refractivity contribution in [2.45, 2.75) is 33.4 Å². The Balaban J connectivity index is 2.06. The highest BCUT2D eigenvalue weighted by Crippen LogP contribution is 2.30. The number of rotatable bonds is 9. The van der Waals surface area contributed by atoms with E-state index < -0.39 is 0 Å². The van der Waals surface area contributed by atoms with E-state index in [1.807, 2.05) is 43.3 Å². The van der Waals surface area contributed by atoms with Crippen molar-refractivity contribution in [2.24, 2.45) is 0 Å². The Morgan fingerprint density at radius 1 is 1.00 bits per heavy atom. The number of ether oxygens (including phenoxy) is 2. The van der Waals surface area contributed by atoms with Gasteiger partial charge in [0.15, 0.2) is 11.5 Å². The summed E-state index contributed by atoms with van der Waals surface area (Å²) in [6, 6.07) is 13.8. The van der Waals surface area contributed by atoms with Crippen LogP contribution in [-0.2, 0) is 13.2 Å². The SMILES string of the molecule is CCCNCc1ccc(OCc2ccccc2Cl)c(OCC)c1. The number of benzene rings is 2. The van der Waals surface area contributed by atoms with Gasteiger partial charge < -0.3 is 14.8 Å². The van der Waals surface area contributed by atoms with Crippen LogP contribution in [0.25, 0.3) is 0 Å². The van der Waals surface area contributed by atoms with Crippen molar-refractivity contribution in [3.05, 3.63) is 58.6 Å². The first-order valence-corrected chi connectivity index (χ1v) is 8.45. The maximum atomic E-state index is 6.17. The number of halogens is 1. The van der Waals surface area contributed by atoms with Crippen molar-refractivity contribution in [3.63, 3.8) is 0 Å². The maximum Gasteiger partial charge on any atom is 0.161 e. The van der Waals surface area contributed by atoms with Crippen LogP contribution in [0.1, 0.15) is 31.4 Å². The van der Waals surface area contributed by atoms with Gasteiger partial charge in [-0.1, -0.05) is 42.8 Å². The molecule has 2 aromatic carbocycles. The molecule has 124 valence electrons. The van der Waals surface area contributed by atoms with Crippen LogP contribution in [0.3, 0.4) is 0 Å². The molecule has 2 rings (SSSR count). The normalized spacial score (nSPS) is 10.6. The van der Waals surface area contributed by atoms with Crippen LogP contribution in [0.4, 0.5) is 0 Å². The Bertz CT molecular complexity index is 616. The third kappa shape index (κ3) is 5.45. The lowest BCUT2D eigenvalue weighted by Gasteiger charge is -2.14. The molecule has 0 fully saturated rings. The van der Waals surface area contributed by atoms with Gasteiger partial charge in [0.1, 0.15) is 6.61 Å². The van der Waals surface area contributed by atoms with Gasteiger partial charge in [0.25, 0.3) is 0 Å². The van der Waals surface area contributed by atoms with Crippen molar-refractivity contribution < 1.29 is 9.47 Å². The molecule has 0 saturated heterocycles. The summed E-state index contributed by atoms with van der Waals surface area (Å²) in [5.74, 6) is 1.52. The molecule has 0 saturated carbocycles. The zero-order valence-electron chi connectivity index (χ0n) is 13.8. The summed E-state index contributed by atoms with van der Waals surface area (Å²) in [7, 11) is 0. The van der Waals surface area contributed by atoms with Gasteiger partial charge in [0.2, 0.25) is 0 Å². The van der Waals surface area contributed by atoms with E-state index in [9.17, 15) is 0 Å². The average molecular weight is 334 g/mol. The van der Waals surface area contributed by atoms with E-state index in [0.29, 0.717) is 18.2 Å². The third-order valence-electron chi connectivity index (χ3n) is 3.40. The van der Waals surface area contributed by atoms with Gasteiger partial charge in [-0.05, 0) is 43.7 Å². The first kappa shape index (κ1) is 17.6. The lowest BCUT2D eigenvalue weighted by Crippen LogP contribution is -2.13. The van der Waals surface area contributed by atoms with Crippen molar-refractivity contribution >= 4 is 11.6 Å². The fraction of sp³-hybridized carbons (Fsp3) is 0.368. The minimum atomic E-state index is 0.424. The Hall–Kier alpha value is -1.71. The van der Waals surface area contributed by atoms with Crippen LogP contribution in [0, 0.1) is 0 Å². The summed E-state index contributed by atoms with van der Waals surface area (Å²) in [4.78, 5) is 0. The van der Waals surface area contributed by atoms with E-state index >= 15 is 0 Å².